The van der Waals surface area contributed by atoms with E-state index in [1.807, 2.05) is 54.6 Å². The average molecular weight is 450 g/mol. The predicted molar refractivity (Wildman–Crippen MR) is 130 cm³/mol. The molecule has 4 aromatic rings. The molecular weight excluding hydrogens is 428 g/mol. The number of methoxy groups -OCH3 is 1. The first-order valence-corrected chi connectivity index (χ1v) is 10.8. The van der Waals surface area contributed by atoms with Gasteiger partial charge in [-0.05, 0) is 58.2 Å². The highest BCUT2D eigenvalue weighted by Gasteiger charge is 2.31. The third-order valence-corrected chi connectivity index (χ3v) is 5.86. The first-order valence-electron chi connectivity index (χ1n) is 10.8. The van der Waals surface area contributed by atoms with Crippen LogP contribution in [0.25, 0.3) is 11.6 Å². The number of phenols is 2. The lowest BCUT2D eigenvalue weighted by molar-refractivity contribution is 0.103. The Kier molecular flexibility index (Phi) is 5.52. The molecule has 5 nitrogen and oxygen atoms in total. The molecule has 0 aliphatic heterocycles. The number of carbonyl (C=O) groups excluding carboxylic acids is 1. The van der Waals surface area contributed by atoms with Crippen molar-refractivity contribution < 1.29 is 24.5 Å². The summed E-state index contributed by atoms with van der Waals surface area (Å²) in [6, 6.07) is 25.4. The largest absolute Gasteiger partial charge is 0.507 e. The number of aromatic hydroxyl groups is 2. The highest BCUT2D eigenvalue weighted by atomic mass is 16.5. The third-order valence-electron chi connectivity index (χ3n) is 5.86. The van der Waals surface area contributed by atoms with Crippen molar-refractivity contribution in [2.24, 2.45) is 0 Å². The molecule has 168 valence electrons. The molecule has 0 amide bonds. The zero-order chi connectivity index (χ0) is 23.7. The molecule has 0 saturated carbocycles. The van der Waals surface area contributed by atoms with Crippen molar-refractivity contribution in [3.63, 3.8) is 0 Å². The van der Waals surface area contributed by atoms with E-state index in [-0.39, 0.29) is 22.6 Å². The Morgan fingerprint density at radius 2 is 1.41 bits per heavy atom. The molecule has 2 N–H and O–H groups in total. The predicted octanol–water partition coefficient (Wildman–Crippen LogP) is 5.82. The number of ether oxygens (including phenoxy) is 2. The monoisotopic (exact) mass is 450 g/mol. The summed E-state index contributed by atoms with van der Waals surface area (Å²) < 4.78 is 11.5. The highest BCUT2D eigenvalue weighted by molar-refractivity contribution is 6.22. The second kappa shape index (κ2) is 8.79. The molecule has 5 rings (SSSR count). The van der Waals surface area contributed by atoms with Crippen LogP contribution in [0.1, 0.15) is 38.2 Å². The molecule has 0 heterocycles. The van der Waals surface area contributed by atoms with Gasteiger partial charge in [0.15, 0.2) is 11.5 Å². The van der Waals surface area contributed by atoms with Gasteiger partial charge in [-0.2, -0.15) is 0 Å². The van der Waals surface area contributed by atoms with Crippen molar-refractivity contribution in [2.45, 2.75) is 6.61 Å². The summed E-state index contributed by atoms with van der Waals surface area (Å²) in [5.41, 5.74) is 4.13. The van der Waals surface area contributed by atoms with E-state index in [4.69, 9.17) is 9.47 Å². The van der Waals surface area contributed by atoms with Crippen LogP contribution in [-0.2, 0) is 6.61 Å². The lowest BCUT2D eigenvalue weighted by atomic mass is 9.80. The summed E-state index contributed by atoms with van der Waals surface area (Å²) in [6.45, 7) is 0.388. The van der Waals surface area contributed by atoms with Crippen molar-refractivity contribution in [3.8, 4) is 23.0 Å². The number of hydrogen-bond donors (Lipinski definition) is 2. The second-order valence-corrected chi connectivity index (χ2v) is 7.97. The third kappa shape index (κ3) is 3.77. The van der Waals surface area contributed by atoms with Crippen molar-refractivity contribution in [3.05, 3.63) is 118 Å². The molecule has 1 aliphatic carbocycles. The van der Waals surface area contributed by atoms with E-state index in [1.54, 1.807) is 31.4 Å². The van der Waals surface area contributed by atoms with Crippen LogP contribution in [0.4, 0.5) is 0 Å². The molecule has 1 aliphatic rings. The smallest absolute Gasteiger partial charge is 0.201 e. The van der Waals surface area contributed by atoms with Gasteiger partial charge in [0.05, 0.1) is 18.2 Å². The fourth-order valence-corrected chi connectivity index (χ4v) is 4.23. The SMILES string of the molecule is COc1ccc(C=C2c3cccc(O)c3C(=O)c3c(O)cccc32)cc1OCc1ccccc1. The summed E-state index contributed by atoms with van der Waals surface area (Å²) in [4.78, 5) is 13.1. The van der Waals surface area contributed by atoms with Gasteiger partial charge in [-0.25, -0.2) is 0 Å². The lowest BCUT2D eigenvalue weighted by Gasteiger charge is -2.23. The molecule has 0 unspecified atom stereocenters. The number of fused-ring (bicyclic) bond motifs is 2. The lowest BCUT2D eigenvalue weighted by Crippen LogP contribution is -2.15. The Morgan fingerprint density at radius 1 is 0.765 bits per heavy atom. The minimum Gasteiger partial charge on any atom is -0.507 e. The van der Waals surface area contributed by atoms with E-state index < -0.39 is 5.78 Å². The van der Waals surface area contributed by atoms with Gasteiger partial charge in [-0.1, -0.05) is 60.7 Å². The Morgan fingerprint density at radius 3 is 2.03 bits per heavy atom. The second-order valence-electron chi connectivity index (χ2n) is 7.97. The van der Waals surface area contributed by atoms with Crippen LogP contribution >= 0.6 is 0 Å². The maximum absolute atomic E-state index is 13.1. The maximum atomic E-state index is 13.1. The van der Waals surface area contributed by atoms with Gasteiger partial charge in [0.25, 0.3) is 0 Å². The molecule has 0 aromatic heterocycles. The number of rotatable bonds is 5. The number of hydrogen-bond acceptors (Lipinski definition) is 5. The Labute approximate surface area is 197 Å². The van der Waals surface area contributed by atoms with Crippen LogP contribution in [-0.4, -0.2) is 23.1 Å². The molecular formula is C29H22O5. The minimum absolute atomic E-state index is 0.121. The average Bonchev–Trinajstić information content (AvgIpc) is 2.85. The van der Waals surface area contributed by atoms with Crippen LogP contribution in [0.3, 0.4) is 0 Å². The standard InChI is InChI=1S/C29H22O5/c1-33-25-14-13-19(16-26(25)34-17-18-7-3-2-4-8-18)15-22-20-9-5-11-23(30)27(20)29(32)28-21(22)10-6-12-24(28)31/h2-16,30-31H,17H2,1H3. The fraction of sp³-hybridized carbons (Fsp3) is 0.0690. The van der Waals surface area contributed by atoms with Gasteiger partial charge in [0, 0.05) is 0 Å². The van der Waals surface area contributed by atoms with E-state index in [2.05, 4.69) is 0 Å². The van der Waals surface area contributed by atoms with Gasteiger partial charge in [-0.15, -0.1) is 0 Å². The fourth-order valence-electron chi connectivity index (χ4n) is 4.23. The van der Waals surface area contributed by atoms with Crippen molar-refractivity contribution in [2.75, 3.05) is 7.11 Å². The quantitative estimate of drug-likeness (QED) is 0.353. The van der Waals surface area contributed by atoms with Gasteiger partial charge in [-0.3, -0.25) is 4.79 Å². The van der Waals surface area contributed by atoms with Crippen LogP contribution < -0.4 is 9.47 Å². The molecule has 4 aromatic carbocycles. The molecule has 0 spiro atoms. The molecule has 0 saturated heterocycles. The zero-order valence-corrected chi connectivity index (χ0v) is 18.5. The number of ketones is 1. The number of carbonyl (C=O) groups is 1. The first-order chi connectivity index (χ1) is 16.6. The van der Waals surface area contributed by atoms with Gasteiger partial charge < -0.3 is 19.7 Å². The summed E-state index contributed by atoms with van der Waals surface area (Å²) >= 11 is 0. The molecule has 5 heteroatoms. The summed E-state index contributed by atoms with van der Waals surface area (Å²) in [7, 11) is 1.59. The summed E-state index contributed by atoms with van der Waals surface area (Å²) in [5, 5.41) is 20.9. The van der Waals surface area contributed by atoms with E-state index in [0.717, 1.165) is 16.7 Å². The Hall–Kier alpha value is -4.51. The van der Waals surface area contributed by atoms with Crippen LogP contribution in [0.15, 0.2) is 84.9 Å². The maximum Gasteiger partial charge on any atom is 0.201 e. The van der Waals surface area contributed by atoms with Gasteiger partial charge >= 0.3 is 0 Å². The van der Waals surface area contributed by atoms with Crippen molar-refractivity contribution in [1.82, 2.24) is 0 Å². The first kappa shape index (κ1) is 21.3. The normalized spacial score (nSPS) is 12.0. The molecule has 0 atom stereocenters. The minimum atomic E-state index is -0.403. The van der Waals surface area contributed by atoms with Gasteiger partial charge in [0.2, 0.25) is 5.78 Å². The zero-order valence-electron chi connectivity index (χ0n) is 18.5. The Bertz CT molecular complexity index is 1360. The molecule has 0 bridgehead atoms. The van der Waals surface area contributed by atoms with Crippen molar-refractivity contribution >= 4 is 17.4 Å². The van der Waals surface area contributed by atoms with Gasteiger partial charge in [0.1, 0.15) is 18.1 Å². The van der Waals surface area contributed by atoms with Crippen LogP contribution in [0.2, 0.25) is 0 Å². The Balaban J connectivity index is 1.61. The molecule has 34 heavy (non-hydrogen) atoms. The summed E-state index contributed by atoms with van der Waals surface area (Å²) in [6.07, 6.45) is 1.91. The topological polar surface area (TPSA) is 76.0 Å². The molecule has 0 radical (unpaired) electrons. The van der Waals surface area contributed by atoms with E-state index in [1.165, 1.54) is 12.1 Å². The van der Waals surface area contributed by atoms with E-state index in [0.29, 0.717) is 29.2 Å². The van der Waals surface area contributed by atoms with Crippen LogP contribution in [0, 0.1) is 0 Å². The van der Waals surface area contributed by atoms with E-state index >= 15 is 0 Å². The number of phenolic OH excluding ortho intramolecular Hbond substituents is 2. The van der Waals surface area contributed by atoms with Crippen molar-refractivity contribution in [1.29, 1.82) is 0 Å². The molecule has 0 fully saturated rings. The number of benzene rings is 4. The van der Waals surface area contributed by atoms with Crippen LogP contribution in [0.5, 0.6) is 23.0 Å². The summed E-state index contributed by atoms with van der Waals surface area (Å²) in [5.74, 6) is 0.542. The highest BCUT2D eigenvalue weighted by Crippen LogP contribution is 2.43. The van der Waals surface area contributed by atoms with E-state index in [9.17, 15) is 15.0 Å².